The summed E-state index contributed by atoms with van der Waals surface area (Å²) in [4.78, 5) is 0. The molecule has 2 nitrogen and oxygen atoms in total. The Morgan fingerprint density at radius 1 is 1.00 bits per heavy atom. The minimum atomic E-state index is -0.0684. The first-order valence-electron chi connectivity index (χ1n) is 6.00. The van der Waals surface area contributed by atoms with Crippen LogP contribution in [0.2, 0.25) is 0 Å². The molecule has 15 heavy (non-hydrogen) atoms. The second kappa shape index (κ2) is 11.6. The van der Waals surface area contributed by atoms with Crippen LogP contribution in [0.25, 0.3) is 0 Å². The Bertz CT molecular complexity index is 179. The predicted octanol–water partition coefficient (Wildman–Crippen LogP) is 3.36. The third kappa shape index (κ3) is 11.4. The van der Waals surface area contributed by atoms with Crippen molar-refractivity contribution in [1.82, 2.24) is 0 Å². The molecule has 0 aromatic rings. The molecule has 0 N–H and O–H groups in total. The van der Waals surface area contributed by atoms with Gasteiger partial charge in [-0.1, -0.05) is 6.92 Å². The summed E-state index contributed by atoms with van der Waals surface area (Å²) in [7, 11) is 0. The van der Waals surface area contributed by atoms with Gasteiger partial charge in [-0.2, -0.15) is 0 Å². The van der Waals surface area contributed by atoms with Crippen molar-refractivity contribution in [3.8, 4) is 11.8 Å². The van der Waals surface area contributed by atoms with Crippen molar-refractivity contribution < 1.29 is 9.47 Å². The molecule has 0 aromatic carbocycles. The molecule has 0 fully saturated rings. The van der Waals surface area contributed by atoms with Gasteiger partial charge in [0.15, 0.2) is 6.29 Å². The van der Waals surface area contributed by atoms with Crippen LogP contribution in [0, 0.1) is 11.8 Å². The van der Waals surface area contributed by atoms with Crippen molar-refractivity contribution in [2.75, 3.05) is 13.2 Å². The molecule has 0 aliphatic rings. The first-order chi connectivity index (χ1) is 7.31. The van der Waals surface area contributed by atoms with Crippen LogP contribution in [0.3, 0.4) is 0 Å². The Morgan fingerprint density at radius 3 is 2.40 bits per heavy atom. The predicted molar refractivity (Wildman–Crippen MR) is 63.6 cm³/mol. The molecule has 0 radical (unpaired) electrons. The van der Waals surface area contributed by atoms with Gasteiger partial charge < -0.3 is 9.47 Å². The van der Waals surface area contributed by atoms with Crippen LogP contribution >= 0.6 is 0 Å². The fourth-order valence-corrected chi connectivity index (χ4v) is 1.15. The molecule has 1 unspecified atom stereocenters. The maximum Gasteiger partial charge on any atom is 0.154 e. The Labute approximate surface area is 94.3 Å². The first-order valence-corrected chi connectivity index (χ1v) is 6.00. The molecule has 0 bridgehead atoms. The van der Waals surface area contributed by atoms with Gasteiger partial charge in [0.05, 0.1) is 0 Å². The fourth-order valence-electron chi connectivity index (χ4n) is 1.15. The van der Waals surface area contributed by atoms with E-state index in [2.05, 4.69) is 18.8 Å². The number of hydrogen-bond donors (Lipinski definition) is 0. The van der Waals surface area contributed by atoms with Gasteiger partial charge in [0.2, 0.25) is 0 Å². The summed E-state index contributed by atoms with van der Waals surface area (Å²) in [5.74, 6) is 6.30. The number of hydrogen-bond acceptors (Lipinski definition) is 2. The molecule has 0 saturated carbocycles. The van der Waals surface area contributed by atoms with E-state index < -0.39 is 0 Å². The Kier molecular flexibility index (Phi) is 11.2. The lowest BCUT2D eigenvalue weighted by Gasteiger charge is -2.11. The second-order valence-electron chi connectivity index (χ2n) is 3.45. The van der Waals surface area contributed by atoms with E-state index >= 15 is 0 Å². The molecular weight excluding hydrogens is 188 g/mol. The van der Waals surface area contributed by atoms with Crippen LogP contribution in [0.15, 0.2) is 0 Å². The minimum absolute atomic E-state index is 0.0684. The monoisotopic (exact) mass is 212 g/mol. The summed E-state index contributed by atoms with van der Waals surface area (Å²) in [5.41, 5.74) is 0. The lowest BCUT2D eigenvalue weighted by molar-refractivity contribution is -0.127. The molecule has 0 saturated heterocycles. The summed E-state index contributed by atoms with van der Waals surface area (Å²) >= 11 is 0. The first kappa shape index (κ1) is 14.5. The molecule has 0 heterocycles. The molecule has 1 atom stereocenters. The lowest BCUT2D eigenvalue weighted by atomic mass is 10.2. The molecule has 0 aliphatic carbocycles. The SMILES string of the molecule is CCCC#CCCCCOC(C)OCC. The normalized spacial score (nSPS) is 11.9. The fraction of sp³-hybridized carbons (Fsp3) is 0.846. The van der Waals surface area contributed by atoms with Crippen molar-refractivity contribution in [3.63, 3.8) is 0 Å². The van der Waals surface area contributed by atoms with Crippen LogP contribution in [0.1, 0.15) is 52.9 Å². The third-order valence-corrected chi connectivity index (χ3v) is 1.95. The van der Waals surface area contributed by atoms with Crippen LogP contribution < -0.4 is 0 Å². The van der Waals surface area contributed by atoms with Gasteiger partial charge in [0, 0.05) is 26.1 Å². The van der Waals surface area contributed by atoms with E-state index in [0.29, 0.717) is 6.61 Å². The maximum absolute atomic E-state index is 5.44. The third-order valence-electron chi connectivity index (χ3n) is 1.95. The molecule has 2 heteroatoms. The van der Waals surface area contributed by atoms with Crippen LogP contribution in [-0.2, 0) is 9.47 Å². The molecule has 0 amide bonds. The van der Waals surface area contributed by atoms with Crippen molar-refractivity contribution in [2.45, 2.75) is 59.2 Å². The molecule has 88 valence electrons. The Hall–Kier alpha value is -0.520. The van der Waals surface area contributed by atoms with E-state index in [1.165, 1.54) is 0 Å². The molecular formula is C13H24O2. The van der Waals surface area contributed by atoms with Gasteiger partial charge in [-0.15, -0.1) is 11.8 Å². The molecule has 0 aromatic heterocycles. The van der Waals surface area contributed by atoms with Gasteiger partial charge in [-0.3, -0.25) is 0 Å². The second-order valence-corrected chi connectivity index (χ2v) is 3.45. The smallest absolute Gasteiger partial charge is 0.154 e. The van der Waals surface area contributed by atoms with Crippen LogP contribution in [-0.4, -0.2) is 19.5 Å². The average Bonchev–Trinajstić information content (AvgIpc) is 2.22. The zero-order chi connectivity index (χ0) is 11.4. The van der Waals surface area contributed by atoms with E-state index in [9.17, 15) is 0 Å². The van der Waals surface area contributed by atoms with Crippen molar-refractivity contribution >= 4 is 0 Å². The molecule has 0 aliphatic heterocycles. The Balaban J connectivity index is 3.15. The Morgan fingerprint density at radius 2 is 1.73 bits per heavy atom. The summed E-state index contributed by atoms with van der Waals surface area (Å²) in [5, 5.41) is 0. The van der Waals surface area contributed by atoms with E-state index in [1.807, 2.05) is 13.8 Å². The van der Waals surface area contributed by atoms with Gasteiger partial charge in [0.25, 0.3) is 0 Å². The number of ether oxygens (including phenoxy) is 2. The van der Waals surface area contributed by atoms with Crippen molar-refractivity contribution in [3.05, 3.63) is 0 Å². The number of unbranched alkanes of at least 4 members (excludes halogenated alkanes) is 3. The van der Waals surface area contributed by atoms with Crippen LogP contribution in [0.4, 0.5) is 0 Å². The zero-order valence-corrected chi connectivity index (χ0v) is 10.3. The standard InChI is InChI=1S/C13H24O2/c1-4-6-7-8-9-10-11-12-15-13(3)14-5-2/h13H,4-6,9-12H2,1-3H3. The highest BCUT2D eigenvalue weighted by Crippen LogP contribution is 1.99. The van der Waals surface area contributed by atoms with Crippen molar-refractivity contribution in [1.29, 1.82) is 0 Å². The van der Waals surface area contributed by atoms with Gasteiger partial charge in [0.1, 0.15) is 0 Å². The highest BCUT2D eigenvalue weighted by atomic mass is 16.7. The summed E-state index contributed by atoms with van der Waals surface area (Å²) < 4.78 is 10.7. The lowest BCUT2D eigenvalue weighted by Crippen LogP contribution is -2.13. The molecule has 0 spiro atoms. The van der Waals surface area contributed by atoms with E-state index in [1.54, 1.807) is 0 Å². The van der Waals surface area contributed by atoms with Crippen LogP contribution in [0.5, 0.6) is 0 Å². The van der Waals surface area contributed by atoms with Gasteiger partial charge >= 0.3 is 0 Å². The van der Waals surface area contributed by atoms with Crippen molar-refractivity contribution in [2.24, 2.45) is 0 Å². The highest BCUT2D eigenvalue weighted by Gasteiger charge is 1.98. The quantitative estimate of drug-likeness (QED) is 0.349. The maximum atomic E-state index is 5.44. The zero-order valence-electron chi connectivity index (χ0n) is 10.3. The summed E-state index contributed by atoms with van der Waals surface area (Å²) in [6.07, 6.45) is 5.29. The van der Waals surface area contributed by atoms with Gasteiger partial charge in [-0.25, -0.2) is 0 Å². The topological polar surface area (TPSA) is 18.5 Å². The summed E-state index contributed by atoms with van der Waals surface area (Å²) in [6, 6.07) is 0. The average molecular weight is 212 g/mol. The minimum Gasteiger partial charge on any atom is -0.353 e. The van der Waals surface area contributed by atoms with E-state index in [-0.39, 0.29) is 6.29 Å². The highest BCUT2D eigenvalue weighted by molar-refractivity contribution is 4.98. The van der Waals surface area contributed by atoms with E-state index in [4.69, 9.17) is 9.47 Å². The number of rotatable bonds is 8. The largest absolute Gasteiger partial charge is 0.353 e. The van der Waals surface area contributed by atoms with Gasteiger partial charge in [-0.05, 0) is 33.1 Å². The molecule has 0 rings (SSSR count). The summed E-state index contributed by atoms with van der Waals surface area (Å²) in [6.45, 7) is 7.55. The van der Waals surface area contributed by atoms with E-state index in [0.717, 1.165) is 38.7 Å².